The zero-order valence-corrected chi connectivity index (χ0v) is 10.6. The van der Waals surface area contributed by atoms with Crippen LogP contribution >= 0.6 is 23.2 Å². The van der Waals surface area contributed by atoms with Crippen LogP contribution in [-0.2, 0) is 0 Å². The number of hydrogen-bond donors (Lipinski definition) is 1. The Morgan fingerprint density at radius 2 is 1.94 bits per heavy atom. The summed E-state index contributed by atoms with van der Waals surface area (Å²) in [6, 6.07) is 3.26. The zero-order valence-electron chi connectivity index (χ0n) is 9.08. The second kappa shape index (κ2) is 5.97. The quantitative estimate of drug-likeness (QED) is 0.509. The molecule has 0 saturated carbocycles. The lowest BCUT2D eigenvalue weighted by Crippen LogP contribution is -2.05. The van der Waals surface area contributed by atoms with Gasteiger partial charge >= 0.3 is 0 Å². The van der Waals surface area contributed by atoms with Crippen molar-refractivity contribution in [1.82, 2.24) is 0 Å². The number of oxime groups is 1. The molecule has 0 heterocycles. The van der Waals surface area contributed by atoms with Gasteiger partial charge in [0.2, 0.25) is 0 Å². The minimum Gasteiger partial charge on any atom is -0.490 e. The Morgan fingerprint density at radius 3 is 2.38 bits per heavy atom. The Hall–Kier alpha value is -0.930. The fourth-order valence-corrected chi connectivity index (χ4v) is 1.72. The summed E-state index contributed by atoms with van der Waals surface area (Å²) < 4.78 is 5.49. The van der Waals surface area contributed by atoms with Gasteiger partial charge in [-0.2, -0.15) is 0 Å². The molecule has 0 fully saturated rings. The molecule has 1 aromatic carbocycles. The molecule has 0 spiro atoms. The molecule has 0 radical (unpaired) electrons. The minimum atomic E-state index is 0.394. The van der Waals surface area contributed by atoms with Gasteiger partial charge in [0, 0.05) is 0 Å². The van der Waals surface area contributed by atoms with Crippen LogP contribution in [0, 0.1) is 5.92 Å². The van der Waals surface area contributed by atoms with Crippen LogP contribution in [0.4, 0.5) is 0 Å². The van der Waals surface area contributed by atoms with Crippen molar-refractivity contribution < 1.29 is 9.94 Å². The molecule has 16 heavy (non-hydrogen) atoms. The largest absolute Gasteiger partial charge is 0.490 e. The second-order valence-electron chi connectivity index (χ2n) is 3.76. The maximum absolute atomic E-state index is 8.40. The van der Waals surface area contributed by atoms with E-state index in [9.17, 15) is 0 Å². The van der Waals surface area contributed by atoms with Crippen molar-refractivity contribution in [2.24, 2.45) is 11.1 Å². The topological polar surface area (TPSA) is 41.8 Å². The summed E-state index contributed by atoms with van der Waals surface area (Å²) in [7, 11) is 0. The monoisotopic (exact) mass is 261 g/mol. The smallest absolute Gasteiger partial charge is 0.156 e. The van der Waals surface area contributed by atoms with Crippen molar-refractivity contribution in [1.29, 1.82) is 0 Å². The van der Waals surface area contributed by atoms with Gasteiger partial charge in [-0.1, -0.05) is 42.2 Å². The molecule has 0 bridgehead atoms. The highest BCUT2D eigenvalue weighted by molar-refractivity contribution is 6.37. The first-order valence-corrected chi connectivity index (χ1v) is 5.59. The zero-order chi connectivity index (χ0) is 12.1. The molecule has 0 saturated heterocycles. The van der Waals surface area contributed by atoms with Gasteiger partial charge in [0.15, 0.2) is 5.75 Å². The molecule has 0 aliphatic carbocycles. The Labute approximate surface area is 105 Å². The number of benzene rings is 1. The Bertz CT molecular complexity index is 369. The van der Waals surface area contributed by atoms with Crippen LogP contribution in [0.3, 0.4) is 0 Å². The molecule has 1 rings (SSSR count). The average Bonchev–Trinajstić information content (AvgIpc) is 2.16. The fraction of sp³-hybridized carbons (Fsp3) is 0.364. The maximum Gasteiger partial charge on any atom is 0.156 e. The predicted octanol–water partition coefficient (Wildman–Crippen LogP) is 3.84. The second-order valence-corrected chi connectivity index (χ2v) is 4.58. The molecule has 3 nitrogen and oxygen atoms in total. The van der Waals surface area contributed by atoms with Crippen LogP contribution < -0.4 is 4.74 Å². The third-order valence-electron chi connectivity index (χ3n) is 1.79. The fourth-order valence-electron chi connectivity index (χ4n) is 1.11. The summed E-state index contributed by atoms with van der Waals surface area (Å²) in [5.74, 6) is 0.859. The normalized spacial score (nSPS) is 11.3. The van der Waals surface area contributed by atoms with Crippen molar-refractivity contribution in [3.05, 3.63) is 27.7 Å². The molecular formula is C11H13Cl2NO2. The molecule has 0 amide bonds. The van der Waals surface area contributed by atoms with E-state index in [1.807, 2.05) is 13.8 Å². The van der Waals surface area contributed by atoms with E-state index in [2.05, 4.69) is 5.16 Å². The lowest BCUT2D eigenvalue weighted by Gasteiger charge is -2.12. The number of halogens is 2. The molecule has 0 unspecified atom stereocenters. The van der Waals surface area contributed by atoms with Gasteiger partial charge in [-0.15, -0.1) is 0 Å². The van der Waals surface area contributed by atoms with E-state index in [-0.39, 0.29) is 0 Å². The number of hydrogen-bond acceptors (Lipinski definition) is 3. The van der Waals surface area contributed by atoms with Crippen LogP contribution in [-0.4, -0.2) is 18.0 Å². The van der Waals surface area contributed by atoms with Gasteiger partial charge in [-0.3, -0.25) is 0 Å². The number of rotatable bonds is 4. The summed E-state index contributed by atoms with van der Waals surface area (Å²) in [4.78, 5) is 0. The lowest BCUT2D eigenvalue weighted by molar-refractivity contribution is 0.271. The van der Waals surface area contributed by atoms with Gasteiger partial charge in [-0.05, 0) is 23.6 Å². The molecule has 0 atom stereocenters. The van der Waals surface area contributed by atoms with Crippen molar-refractivity contribution in [3.63, 3.8) is 0 Å². The lowest BCUT2D eigenvalue weighted by atomic mass is 10.2. The van der Waals surface area contributed by atoms with Gasteiger partial charge < -0.3 is 9.94 Å². The number of nitrogens with zero attached hydrogens (tertiary/aromatic N) is 1. The molecule has 0 aromatic heterocycles. The standard InChI is InChI=1S/C11H13Cl2NO2/c1-7(2)6-16-11-9(12)3-8(5-14-15)4-10(11)13/h3-5,7,15H,6H2,1-2H3/b14-5-. The SMILES string of the molecule is CC(C)COc1c(Cl)cc(/C=N\O)cc1Cl. The first kappa shape index (κ1) is 13.1. The summed E-state index contributed by atoms with van der Waals surface area (Å²) in [6.07, 6.45) is 1.25. The van der Waals surface area contributed by atoms with Gasteiger partial charge in [0.25, 0.3) is 0 Å². The van der Waals surface area contributed by atoms with E-state index < -0.39 is 0 Å². The summed E-state index contributed by atoms with van der Waals surface area (Å²) in [5.41, 5.74) is 0.620. The predicted molar refractivity (Wildman–Crippen MR) is 66.2 cm³/mol. The van der Waals surface area contributed by atoms with Crippen molar-refractivity contribution in [2.45, 2.75) is 13.8 Å². The molecule has 5 heteroatoms. The molecule has 88 valence electrons. The van der Waals surface area contributed by atoms with Gasteiger partial charge in [0.05, 0.1) is 22.9 Å². The molecule has 0 aliphatic rings. The van der Waals surface area contributed by atoms with Gasteiger partial charge in [0.1, 0.15) is 0 Å². The highest BCUT2D eigenvalue weighted by Crippen LogP contribution is 2.34. The summed E-state index contributed by atoms with van der Waals surface area (Å²) in [5, 5.41) is 12.1. The van der Waals surface area contributed by atoms with Crippen LogP contribution in [0.15, 0.2) is 17.3 Å². The highest BCUT2D eigenvalue weighted by atomic mass is 35.5. The Kier molecular flexibility index (Phi) is 4.90. The number of ether oxygens (including phenoxy) is 1. The van der Waals surface area contributed by atoms with E-state index in [0.29, 0.717) is 33.9 Å². The third-order valence-corrected chi connectivity index (χ3v) is 2.35. The average molecular weight is 262 g/mol. The first-order chi connectivity index (χ1) is 7.54. The maximum atomic E-state index is 8.40. The Balaban J connectivity index is 2.93. The summed E-state index contributed by atoms with van der Waals surface area (Å²) in [6.45, 7) is 4.62. The van der Waals surface area contributed by atoms with Gasteiger partial charge in [-0.25, -0.2) is 0 Å². The van der Waals surface area contributed by atoms with Crippen LogP contribution in [0.2, 0.25) is 10.0 Å². The van der Waals surface area contributed by atoms with Crippen molar-refractivity contribution in [2.75, 3.05) is 6.61 Å². The third kappa shape index (κ3) is 3.58. The van der Waals surface area contributed by atoms with Crippen molar-refractivity contribution >= 4 is 29.4 Å². The van der Waals surface area contributed by atoms with E-state index in [4.69, 9.17) is 33.1 Å². The Morgan fingerprint density at radius 1 is 1.38 bits per heavy atom. The van der Waals surface area contributed by atoms with Crippen LogP contribution in [0.1, 0.15) is 19.4 Å². The van der Waals surface area contributed by atoms with Crippen LogP contribution in [0.5, 0.6) is 5.75 Å². The van der Waals surface area contributed by atoms with E-state index in [1.165, 1.54) is 6.21 Å². The first-order valence-electron chi connectivity index (χ1n) is 4.84. The van der Waals surface area contributed by atoms with E-state index >= 15 is 0 Å². The molecule has 1 N–H and O–H groups in total. The van der Waals surface area contributed by atoms with E-state index in [0.717, 1.165) is 0 Å². The van der Waals surface area contributed by atoms with Crippen molar-refractivity contribution in [3.8, 4) is 5.75 Å². The molecular weight excluding hydrogens is 249 g/mol. The van der Waals surface area contributed by atoms with E-state index in [1.54, 1.807) is 12.1 Å². The molecule has 0 aliphatic heterocycles. The van der Waals surface area contributed by atoms with Crippen LogP contribution in [0.25, 0.3) is 0 Å². The molecule has 1 aromatic rings. The highest BCUT2D eigenvalue weighted by Gasteiger charge is 2.09. The minimum absolute atomic E-state index is 0.394. The summed E-state index contributed by atoms with van der Waals surface area (Å²) >= 11 is 12.0.